The van der Waals surface area contributed by atoms with Gasteiger partial charge in [0, 0.05) is 11.8 Å². The Morgan fingerprint density at radius 2 is 2.31 bits per heavy atom. The summed E-state index contributed by atoms with van der Waals surface area (Å²) in [5, 5.41) is 11.0. The molecule has 0 aliphatic rings. The van der Waals surface area contributed by atoms with Crippen molar-refractivity contribution in [2.75, 3.05) is 25.1 Å². The quantitative estimate of drug-likeness (QED) is 0.799. The summed E-state index contributed by atoms with van der Waals surface area (Å²) >= 11 is 0. The molecule has 16 heavy (non-hydrogen) atoms. The van der Waals surface area contributed by atoms with Crippen LogP contribution in [0.5, 0.6) is 5.75 Å². The molecule has 1 amide bonds. The summed E-state index contributed by atoms with van der Waals surface area (Å²) in [5.41, 5.74) is 0.592. The number of ether oxygens (including phenoxy) is 2. The number of aliphatic hydroxyl groups is 1. The van der Waals surface area contributed by atoms with Gasteiger partial charge in [-0.1, -0.05) is 6.07 Å². The van der Waals surface area contributed by atoms with Gasteiger partial charge >= 0.3 is 6.09 Å². The molecule has 0 spiro atoms. The summed E-state index contributed by atoms with van der Waals surface area (Å²) in [5.74, 6) is 0.683. The number of hydrogen-bond acceptors (Lipinski definition) is 4. The van der Waals surface area contributed by atoms with Crippen molar-refractivity contribution in [3.63, 3.8) is 0 Å². The smallest absolute Gasteiger partial charge is 0.411 e. The molecule has 0 aromatic heterocycles. The molecule has 0 saturated carbocycles. The summed E-state index contributed by atoms with van der Waals surface area (Å²) in [6.07, 6.45) is -0.595. The molecule has 0 heterocycles. The number of amides is 1. The molecule has 0 bridgehead atoms. The average Bonchev–Trinajstić information content (AvgIpc) is 2.27. The van der Waals surface area contributed by atoms with Gasteiger partial charge in [-0.3, -0.25) is 5.32 Å². The van der Waals surface area contributed by atoms with Gasteiger partial charge in [-0.05, 0) is 19.1 Å². The molecule has 5 nitrogen and oxygen atoms in total. The van der Waals surface area contributed by atoms with Crippen LogP contribution in [0.25, 0.3) is 0 Å². The van der Waals surface area contributed by atoms with E-state index >= 15 is 0 Å². The number of hydrogen-bond donors (Lipinski definition) is 2. The molecule has 1 rings (SSSR count). The van der Waals surface area contributed by atoms with Gasteiger partial charge in [0.2, 0.25) is 0 Å². The van der Waals surface area contributed by atoms with Crippen molar-refractivity contribution in [2.45, 2.75) is 6.92 Å². The Balaban J connectivity index is 2.52. The first-order valence-corrected chi connectivity index (χ1v) is 5.03. The minimum absolute atomic E-state index is 0.0169. The molecule has 0 radical (unpaired) electrons. The van der Waals surface area contributed by atoms with Gasteiger partial charge in [-0.15, -0.1) is 0 Å². The highest BCUT2D eigenvalue weighted by molar-refractivity contribution is 5.84. The second-order valence-corrected chi connectivity index (χ2v) is 2.95. The third kappa shape index (κ3) is 4.18. The van der Waals surface area contributed by atoms with Crippen LogP contribution < -0.4 is 10.1 Å². The lowest BCUT2D eigenvalue weighted by atomic mass is 10.3. The molecule has 5 heteroatoms. The molecule has 0 aliphatic carbocycles. The fourth-order valence-electron chi connectivity index (χ4n) is 1.12. The minimum Gasteiger partial charge on any atom is -0.494 e. The van der Waals surface area contributed by atoms with Crippen LogP contribution in [0.4, 0.5) is 10.5 Å². The fourth-order valence-corrected chi connectivity index (χ4v) is 1.12. The third-order valence-electron chi connectivity index (χ3n) is 1.72. The molecule has 0 fully saturated rings. The van der Waals surface area contributed by atoms with E-state index in [1.807, 2.05) is 6.92 Å². The van der Waals surface area contributed by atoms with Crippen LogP contribution in [0.1, 0.15) is 6.92 Å². The van der Waals surface area contributed by atoms with Crippen LogP contribution in [0.3, 0.4) is 0 Å². The van der Waals surface area contributed by atoms with Crippen molar-refractivity contribution in [1.29, 1.82) is 0 Å². The maximum absolute atomic E-state index is 11.2. The number of carbonyl (C=O) groups is 1. The van der Waals surface area contributed by atoms with E-state index in [0.717, 1.165) is 0 Å². The molecule has 0 unspecified atom stereocenters. The first-order chi connectivity index (χ1) is 7.76. The molecular weight excluding hydrogens is 210 g/mol. The number of nitrogens with one attached hydrogen (secondary N) is 1. The van der Waals surface area contributed by atoms with Crippen molar-refractivity contribution >= 4 is 11.8 Å². The maximum Gasteiger partial charge on any atom is 0.411 e. The van der Waals surface area contributed by atoms with Crippen LogP contribution in [0, 0.1) is 0 Å². The molecule has 0 aliphatic heterocycles. The minimum atomic E-state index is -0.595. The van der Waals surface area contributed by atoms with Crippen LogP contribution >= 0.6 is 0 Å². The van der Waals surface area contributed by atoms with Crippen LogP contribution in [0.15, 0.2) is 24.3 Å². The van der Waals surface area contributed by atoms with Crippen molar-refractivity contribution in [1.82, 2.24) is 0 Å². The molecule has 88 valence electrons. The Morgan fingerprint density at radius 1 is 1.50 bits per heavy atom. The Bertz CT molecular complexity index is 341. The third-order valence-corrected chi connectivity index (χ3v) is 1.72. The normalized spacial score (nSPS) is 9.62. The lowest BCUT2D eigenvalue weighted by Gasteiger charge is -2.07. The largest absolute Gasteiger partial charge is 0.494 e. The van der Waals surface area contributed by atoms with Gasteiger partial charge in [-0.25, -0.2) is 4.79 Å². The summed E-state index contributed by atoms with van der Waals surface area (Å²) < 4.78 is 9.93. The second-order valence-electron chi connectivity index (χ2n) is 2.95. The van der Waals surface area contributed by atoms with E-state index in [-0.39, 0.29) is 13.2 Å². The summed E-state index contributed by atoms with van der Waals surface area (Å²) in [6, 6.07) is 6.99. The first kappa shape index (κ1) is 12.3. The molecule has 1 aromatic rings. The highest BCUT2D eigenvalue weighted by Gasteiger charge is 2.03. The average molecular weight is 225 g/mol. The number of rotatable bonds is 5. The van der Waals surface area contributed by atoms with E-state index in [4.69, 9.17) is 9.84 Å². The van der Waals surface area contributed by atoms with Crippen LogP contribution in [0.2, 0.25) is 0 Å². The van der Waals surface area contributed by atoms with Gasteiger partial charge < -0.3 is 14.6 Å². The van der Waals surface area contributed by atoms with Gasteiger partial charge in [0.1, 0.15) is 12.4 Å². The zero-order valence-corrected chi connectivity index (χ0v) is 9.10. The number of benzene rings is 1. The number of aliphatic hydroxyl groups excluding tert-OH is 1. The summed E-state index contributed by atoms with van der Waals surface area (Å²) in [7, 11) is 0. The monoisotopic (exact) mass is 225 g/mol. The standard InChI is InChI=1S/C11H15NO4/c1-2-15-10-5-3-4-9(8-10)12-11(14)16-7-6-13/h3-5,8,13H,2,6-7H2,1H3,(H,12,14). The van der Waals surface area contributed by atoms with E-state index in [1.165, 1.54) is 0 Å². The van der Waals surface area contributed by atoms with E-state index in [9.17, 15) is 4.79 Å². The lowest BCUT2D eigenvalue weighted by Crippen LogP contribution is -2.15. The van der Waals surface area contributed by atoms with E-state index in [1.54, 1.807) is 24.3 Å². The zero-order valence-electron chi connectivity index (χ0n) is 9.10. The van der Waals surface area contributed by atoms with E-state index in [0.29, 0.717) is 18.0 Å². The molecule has 2 N–H and O–H groups in total. The highest BCUT2D eigenvalue weighted by Crippen LogP contribution is 2.17. The SMILES string of the molecule is CCOc1cccc(NC(=O)OCCO)c1. The molecule has 0 atom stereocenters. The summed E-state index contributed by atoms with van der Waals surface area (Å²) in [4.78, 5) is 11.2. The maximum atomic E-state index is 11.2. The van der Waals surface area contributed by atoms with Gasteiger partial charge in [0.05, 0.1) is 13.2 Å². The van der Waals surface area contributed by atoms with E-state index < -0.39 is 6.09 Å². The Morgan fingerprint density at radius 3 is 3.00 bits per heavy atom. The van der Waals surface area contributed by atoms with Gasteiger partial charge in [-0.2, -0.15) is 0 Å². The van der Waals surface area contributed by atoms with Crippen molar-refractivity contribution in [2.24, 2.45) is 0 Å². The Labute approximate surface area is 94.0 Å². The first-order valence-electron chi connectivity index (χ1n) is 5.03. The Hall–Kier alpha value is -1.75. The fraction of sp³-hybridized carbons (Fsp3) is 0.364. The lowest BCUT2D eigenvalue weighted by molar-refractivity contribution is 0.131. The molecular formula is C11H15NO4. The Kier molecular flexibility index (Phi) is 5.15. The highest BCUT2D eigenvalue weighted by atomic mass is 16.6. The second kappa shape index (κ2) is 6.68. The van der Waals surface area contributed by atoms with Gasteiger partial charge in [0.15, 0.2) is 0 Å². The number of carbonyl (C=O) groups excluding carboxylic acids is 1. The van der Waals surface area contributed by atoms with Crippen molar-refractivity contribution in [3.05, 3.63) is 24.3 Å². The summed E-state index contributed by atoms with van der Waals surface area (Å²) in [6.45, 7) is 2.25. The topological polar surface area (TPSA) is 67.8 Å². The molecule has 0 saturated heterocycles. The van der Waals surface area contributed by atoms with Crippen molar-refractivity contribution < 1.29 is 19.4 Å². The van der Waals surface area contributed by atoms with Crippen molar-refractivity contribution in [3.8, 4) is 5.75 Å². The zero-order chi connectivity index (χ0) is 11.8. The predicted octanol–water partition coefficient (Wildman–Crippen LogP) is 1.63. The van der Waals surface area contributed by atoms with Crippen LogP contribution in [-0.2, 0) is 4.74 Å². The van der Waals surface area contributed by atoms with Crippen LogP contribution in [-0.4, -0.2) is 31.0 Å². The predicted molar refractivity (Wildman–Crippen MR) is 59.7 cm³/mol. The number of anilines is 1. The van der Waals surface area contributed by atoms with Gasteiger partial charge in [0.25, 0.3) is 0 Å². The molecule has 1 aromatic carbocycles. The van der Waals surface area contributed by atoms with E-state index in [2.05, 4.69) is 10.1 Å².